The number of carbonyl (C=O) groups excluding carboxylic acids is 1. The number of hydrogen-bond acceptors (Lipinski definition) is 3. The summed E-state index contributed by atoms with van der Waals surface area (Å²) < 4.78 is 0. The Morgan fingerprint density at radius 3 is 2.83 bits per heavy atom. The normalized spacial score (nSPS) is 15.8. The molecule has 1 aromatic rings. The van der Waals surface area contributed by atoms with Gasteiger partial charge < -0.3 is 16.0 Å². The van der Waals surface area contributed by atoms with Crippen LogP contribution in [0.15, 0.2) is 24.3 Å². The van der Waals surface area contributed by atoms with Gasteiger partial charge in [0.15, 0.2) is 0 Å². The number of amides is 1. The molecule has 98 valence electrons. The Balaban J connectivity index is 1.68. The number of nitrogen functional groups attached to an aromatic ring is 1. The minimum Gasteiger partial charge on any atom is -0.399 e. The van der Waals surface area contributed by atoms with Crippen molar-refractivity contribution in [3.8, 4) is 0 Å². The Bertz CT molecular complexity index is 400. The fourth-order valence-corrected chi connectivity index (χ4v) is 2.31. The lowest BCUT2D eigenvalue weighted by Gasteiger charge is -2.14. The van der Waals surface area contributed by atoms with E-state index in [4.69, 9.17) is 5.73 Å². The van der Waals surface area contributed by atoms with Crippen LogP contribution >= 0.6 is 0 Å². The van der Waals surface area contributed by atoms with Gasteiger partial charge in [-0.2, -0.15) is 0 Å². The van der Waals surface area contributed by atoms with Crippen molar-refractivity contribution in [3.05, 3.63) is 29.8 Å². The number of nitrogens with two attached hydrogens (primary N) is 1. The molecule has 4 heteroatoms. The third-order valence-corrected chi connectivity index (χ3v) is 3.26. The van der Waals surface area contributed by atoms with Gasteiger partial charge >= 0.3 is 0 Å². The minimum atomic E-state index is 0.0693. The second-order valence-electron chi connectivity index (χ2n) is 4.82. The van der Waals surface area contributed by atoms with E-state index in [9.17, 15) is 4.79 Å². The molecule has 18 heavy (non-hydrogen) atoms. The first kappa shape index (κ1) is 12.9. The average Bonchev–Trinajstić information content (AvgIpc) is 2.82. The Morgan fingerprint density at radius 2 is 2.11 bits per heavy atom. The molecule has 2 rings (SSSR count). The van der Waals surface area contributed by atoms with Crippen molar-refractivity contribution >= 4 is 11.6 Å². The van der Waals surface area contributed by atoms with Gasteiger partial charge in [-0.25, -0.2) is 0 Å². The minimum absolute atomic E-state index is 0.0693. The zero-order valence-corrected chi connectivity index (χ0v) is 10.7. The molecule has 4 nitrogen and oxygen atoms in total. The first-order chi connectivity index (χ1) is 8.74. The number of rotatable bonds is 5. The number of nitrogens with one attached hydrogen (secondary N) is 1. The summed E-state index contributed by atoms with van der Waals surface area (Å²) in [5.41, 5.74) is 7.35. The van der Waals surface area contributed by atoms with Crippen LogP contribution in [0.1, 0.15) is 18.4 Å². The lowest BCUT2D eigenvalue weighted by atomic mass is 10.1. The highest BCUT2D eigenvalue weighted by Gasteiger charge is 2.11. The molecule has 1 aliphatic heterocycles. The molecule has 0 spiro atoms. The molecule has 0 aliphatic carbocycles. The molecule has 0 unspecified atom stereocenters. The van der Waals surface area contributed by atoms with Crippen LogP contribution in [0, 0.1) is 0 Å². The molecule has 1 aromatic carbocycles. The molecule has 1 fully saturated rings. The third kappa shape index (κ3) is 4.04. The largest absolute Gasteiger partial charge is 0.399 e. The van der Waals surface area contributed by atoms with Crippen molar-refractivity contribution in [2.24, 2.45) is 0 Å². The van der Waals surface area contributed by atoms with Gasteiger partial charge in [-0.1, -0.05) is 12.1 Å². The maximum absolute atomic E-state index is 11.7. The van der Waals surface area contributed by atoms with E-state index in [1.165, 1.54) is 25.9 Å². The van der Waals surface area contributed by atoms with Gasteiger partial charge in [0.25, 0.3) is 0 Å². The molecular weight excluding hydrogens is 226 g/mol. The SMILES string of the molecule is Nc1cccc(CC(=O)NCCN2CCCC2)c1. The summed E-state index contributed by atoms with van der Waals surface area (Å²) in [6.07, 6.45) is 2.99. The highest BCUT2D eigenvalue weighted by Crippen LogP contribution is 2.07. The van der Waals surface area contributed by atoms with Crippen LogP contribution in [-0.4, -0.2) is 37.0 Å². The Labute approximate surface area is 108 Å². The van der Waals surface area contributed by atoms with Crippen LogP contribution in [-0.2, 0) is 11.2 Å². The fraction of sp³-hybridized carbons (Fsp3) is 0.500. The van der Waals surface area contributed by atoms with E-state index in [2.05, 4.69) is 10.2 Å². The van der Waals surface area contributed by atoms with Crippen molar-refractivity contribution < 1.29 is 4.79 Å². The third-order valence-electron chi connectivity index (χ3n) is 3.26. The maximum atomic E-state index is 11.7. The molecule has 0 bridgehead atoms. The number of carbonyl (C=O) groups is 1. The Morgan fingerprint density at radius 1 is 1.33 bits per heavy atom. The van der Waals surface area contributed by atoms with Crippen LogP contribution in [0.5, 0.6) is 0 Å². The second kappa shape index (κ2) is 6.40. The van der Waals surface area contributed by atoms with Crippen molar-refractivity contribution in [1.82, 2.24) is 10.2 Å². The zero-order chi connectivity index (χ0) is 12.8. The Hall–Kier alpha value is -1.55. The summed E-state index contributed by atoms with van der Waals surface area (Å²) in [6, 6.07) is 7.48. The van der Waals surface area contributed by atoms with Crippen LogP contribution in [0.25, 0.3) is 0 Å². The van der Waals surface area contributed by atoms with Crippen LogP contribution in [0.2, 0.25) is 0 Å². The first-order valence-electron chi connectivity index (χ1n) is 6.57. The lowest BCUT2D eigenvalue weighted by molar-refractivity contribution is -0.120. The molecule has 3 N–H and O–H groups in total. The van der Waals surface area contributed by atoms with Gasteiger partial charge in [-0.3, -0.25) is 4.79 Å². The van der Waals surface area contributed by atoms with Crippen LogP contribution in [0.3, 0.4) is 0 Å². The molecule has 1 amide bonds. The molecule has 1 saturated heterocycles. The van der Waals surface area contributed by atoms with Crippen molar-refractivity contribution in [1.29, 1.82) is 0 Å². The van der Waals surface area contributed by atoms with E-state index in [0.29, 0.717) is 12.1 Å². The second-order valence-corrected chi connectivity index (χ2v) is 4.82. The Kier molecular flexibility index (Phi) is 4.59. The molecule has 0 saturated carbocycles. The van der Waals surface area contributed by atoms with E-state index in [-0.39, 0.29) is 5.91 Å². The number of anilines is 1. The van der Waals surface area contributed by atoms with Gasteiger partial charge in [-0.05, 0) is 43.6 Å². The van der Waals surface area contributed by atoms with Crippen LogP contribution in [0.4, 0.5) is 5.69 Å². The number of benzene rings is 1. The van der Waals surface area contributed by atoms with Gasteiger partial charge in [0, 0.05) is 18.8 Å². The predicted octanol–water partition coefficient (Wildman–Crippen LogP) is 1.02. The van der Waals surface area contributed by atoms with E-state index in [0.717, 1.165) is 18.7 Å². The summed E-state index contributed by atoms with van der Waals surface area (Å²) in [6.45, 7) is 4.04. The molecule has 1 aliphatic rings. The van der Waals surface area contributed by atoms with Crippen LogP contribution < -0.4 is 11.1 Å². The highest BCUT2D eigenvalue weighted by molar-refractivity contribution is 5.78. The van der Waals surface area contributed by atoms with Crippen molar-refractivity contribution in [3.63, 3.8) is 0 Å². The highest BCUT2D eigenvalue weighted by atomic mass is 16.1. The van der Waals surface area contributed by atoms with Gasteiger partial charge in [0.05, 0.1) is 6.42 Å². The molecule has 1 heterocycles. The quantitative estimate of drug-likeness (QED) is 0.764. The summed E-state index contributed by atoms with van der Waals surface area (Å²) >= 11 is 0. The number of nitrogens with zero attached hydrogens (tertiary/aromatic N) is 1. The van der Waals surface area contributed by atoms with E-state index in [1.807, 2.05) is 24.3 Å². The molecular formula is C14H21N3O. The summed E-state index contributed by atoms with van der Waals surface area (Å²) in [4.78, 5) is 14.1. The summed E-state index contributed by atoms with van der Waals surface area (Å²) in [5.74, 6) is 0.0693. The number of hydrogen-bond donors (Lipinski definition) is 2. The van der Waals surface area contributed by atoms with Gasteiger partial charge in [-0.15, -0.1) is 0 Å². The van der Waals surface area contributed by atoms with E-state index < -0.39 is 0 Å². The lowest BCUT2D eigenvalue weighted by Crippen LogP contribution is -2.34. The van der Waals surface area contributed by atoms with E-state index in [1.54, 1.807) is 0 Å². The average molecular weight is 247 g/mol. The fourth-order valence-electron chi connectivity index (χ4n) is 2.31. The van der Waals surface area contributed by atoms with Crippen molar-refractivity contribution in [2.75, 3.05) is 31.9 Å². The monoisotopic (exact) mass is 247 g/mol. The molecule has 0 aromatic heterocycles. The molecule has 0 atom stereocenters. The topological polar surface area (TPSA) is 58.4 Å². The standard InChI is InChI=1S/C14H21N3O/c15-13-5-3-4-12(10-13)11-14(18)16-6-9-17-7-1-2-8-17/h3-5,10H,1-2,6-9,11,15H2,(H,16,18). The summed E-state index contributed by atoms with van der Waals surface area (Å²) in [7, 11) is 0. The maximum Gasteiger partial charge on any atom is 0.224 e. The first-order valence-corrected chi connectivity index (χ1v) is 6.57. The van der Waals surface area contributed by atoms with Gasteiger partial charge in [0.2, 0.25) is 5.91 Å². The molecule has 0 radical (unpaired) electrons. The zero-order valence-electron chi connectivity index (χ0n) is 10.7. The smallest absolute Gasteiger partial charge is 0.224 e. The number of likely N-dealkylation sites (tertiary alicyclic amines) is 1. The van der Waals surface area contributed by atoms with Gasteiger partial charge in [0.1, 0.15) is 0 Å². The summed E-state index contributed by atoms with van der Waals surface area (Å²) in [5, 5.41) is 2.96. The van der Waals surface area contributed by atoms with Crippen molar-refractivity contribution in [2.45, 2.75) is 19.3 Å². The predicted molar refractivity (Wildman–Crippen MR) is 73.2 cm³/mol. The van der Waals surface area contributed by atoms with E-state index >= 15 is 0 Å².